The molecule has 0 saturated carbocycles. The van der Waals surface area contributed by atoms with E-state index in [2.05, 4.69) is 39.1 Å². The second-order valence-electron chi connectivity index (χ2n) is 9.37. The molecule has 1 saturated heterocycles. The zero-order chi connectivity index (χ0) is 27.2. The van der Waals surface area contributed by atoms with Crippen molar-refractivity contribution in [1.82, 2.24) is 14.9 Å². The summed E-state index contributed by atoms with van der Waals surface area (Å²) in [6, 6.07) is 21.1. The molecule has 1 aliphatic rings. The summed E-state index contributed by atoms with van der Waals surface area (Å²) < 4.78 is 12.6. The van der Waals surface area contributed by atoms with Gasteiger partial charge >= 0.3 is 0 Å². The smallest absolute Gasteiger partial charge is 0.247 e. The van der Waals surface area contributed by atoms with Crippen LogP contribution in [-0.4, -0.2) is 65.3 Å². The Labute approximate surface area is 226 Å². The lowest BCUT2D eigenvalue weighted by Crippen LogP contribution is -2.47. The molecule has 0 radical (unpaired) electrons. The average molecular weight is 527 g/mol. The fourth-order valence-corrected chi connectivity index (χ4v) is 4.72. The second kappa shape index (κ2) is 12.0. The number of carbonyl (C=O) groups excluding carboxylic acids is 1. The van der Waals surface area contributed by atoms with Crippen molar-refractivity contribution in [2.75, 3.05) is 54.9 Å². The Balaban J connectivity index is 1.42. The Morgan fingerprint density at radius 1 is 1.00 bits per heavy atom. The first-order valence-electron chi connectivity index (χ1n) is 12.9. The number of benzene rings is 3. The van der Waals surface area contributed by atoms with E-state index in [9.17, 15) is 14.3 Å². The predicted octanol–water partition coefficient (Wildman–Crippen LogP) is 4.75. The number of anilines is 4. The summed E-state index contributed by atoms with van der Waals surface area (Å²) in [4.78, 5) is 25.8. The van der Waals surface area contributed by atoms with Crippen molar-refractivity contribution in [2.24, 2.45) is 0 Å². The number of aliphatic hydroxyl groups is 1. The highest BCUT2D eigenvalue weighted by Crippen LogP contribution is 2.31. The topological polar surface area (TPSA) is 93.6 Å². The van der Waals surface area contributed by atoms with Crippen molar-refractivity contribution in [3.05, 3.63) is 84.9 Å². The molecule has 4 aromatic rings. The quantitative estimate of drug-likeness (QED) is 0.271. The van der Waals surface area contributed by atoms with E-state index >= 15 is 0 Å². The molecule has 0 spiro atoms. The number of aromatic nitrogens is 2. The van der Waals surface area contributed by atoms with E-state index in [1.165, 1.54) is 6.08 Å². The Morgan fingerprint density at radius 2 is 1.79 bits per heavy atom. The third kappa shape index (κ3) is 6.22. The van der Waals surface area contributed by atoms with Crippen LogP contribution in [0.2, 0.25) is 0 Å². The number of aliphatic hydroxyl groups excluding tert-OH is 1. The zero-order valence-electron chi connectivity index (χ0n) is 21.6. The SMILES string of the molecule is C=CC(=O)Nc1cccc(-c2nc(Nc3ccc(N4CCN(CCF)CC4)cc3)nc3cc(CO)ccc23)c1. The Kier molecular flexibility index (Phi) is 8.10. The predicted molar refractivity (Wildman–Crippen MR) is 154 cm³/mol. The molecule has 2 heterocycles. The molecule has 3 N–H and O–H groups in total. The van der Waals surface area contributed by atoms with Crippen LogP contribution in [0.25, 0.3) is 22.2 Å². The molecule has 0 unspecified atom stereocenters. The van der Waals surface area contributed by atoms with Gasteiger partial charge in [-0.25, -0.2) is 14.4 Å². The number of hydrogen-bond donors (Lipinski definition) is 3. The number of fused-ring (bicyclic) bond motifs is 1. The highest BCUT2D eigenvalue weighted by atomic mass is 19.1. The normalized spacial score (nSPS) is 13.8. The summed E-state index contributed by atoms with van der Waals surface area (Å²) in [5, 5.41) is 16.6. The minimum atomic E-state index is -0.308. The van der Waals surface area contributed by atoms with Gasteiger partial charge in [-0.2, -0.15) is 0 Å². The molecular weight excluding hydrogens is 495 g/mol. The molecular formula is C30H31FN6O2. The van der Waals surface area contributed by atoms with Crippen LogP contribution in [0.4, 0.5) is 27.4 Å². The molecule has 0 bridgehead atoms. The van der Waals surface area contributed by atoms with Crippen LogP contribution < -0.4 is 15.5 Å². The summed E-state index contributed by atoms with van der Waals surface area (Å²) in [5.41, 5.74) is 5.54. The van der Waals surface area contributed by atoms with E-state index in [0.29, 0.717) is 29.4 Å². The van der Waals surface area contributed by atoms with Gasteiger partial charge < -0.3 is 20.6 Å². The maximum atomic E-state index is 12.6. The van der Waals surface area contributed by atoms with E-state index < -0.39 is 0 Å². The fraction of sp³-hybridized carbons (Fsp3) is 0.233. The molecule has 1 fully saturated rings. The Hall–Kier alpha value is -4.34. The number of nitrogens with one attached hydrogen (secondary N) is 2. The van der Waals surface area contributed by atoms with Gasteiger partial charge in [0.2, 0.25) is 11.9 Å². The zero-order valence-corrected chi connectivity index (χ0v) is 21.6. The molecule has 8 nitrogen and oxygen atoms in total. The summed E-state index contributed by atoms with van der Waals surface area (Å²) in [6.07, 6.45) is 1.23. The summed E-state index contributed by atoms with van der Waals surface area (Å²) in [7, 11) is 0. The monoisotopic (exact) mass is 526 g/mol. The van der Waals surface area contributed by atoms with E-state index in [0.717, 1.165) is 54.1 Å². The van der Waals surface area contributed by atoms with Gasteiger partial charge in [-0.05, 0) is 54.1 Å². The highest BCUT2D eigenvalue weighted by molar-refractivity contribution is 6.00. The molecule has 3 aromatic carbocycles. The van der Waals surface area contributed by atoms with E-state index in [1.54, 1.807) is 6.07 Å². The van der Waals surface area contributed by atoms with Gasteiger partial charge in [0, 0.05) is 60.7 Å². The number of carbonyl (C=O) groups is 1. The van der Waals surface area contributed by atoms with Gasteiger partial charge in [-0.1, -0.05) is 30.8 Å². The molecule has 1 amide bonds. The maximum Gasteiger partial charge on any atom is 0.247 e. The highest BCUT2D eigenvalue weighted by Gasteiger charge is 2.17. The van der Waals surface area contributed by atoms with Gasteiger partial charge in [0.1, 0.15) is 6.67 Å². The average Bonchev–Trinajstić information content (AvgIpc) is 2.97. The number of alkyl halides is 1. The van der Waals surface area contributed by atoms with E-state index in [-0.39, 0.29) is 19.2 Å². The van der Waals surface area contributed by atoms with Crippen LogP contribution in [-0.2, 0) is 11.4 Å². The minimum Gasteiger partial charge on any atom is -0.392 e. The standard InChI is InChI=1S/C30H31FN6O2/c1-2-28(39)32-24-5-3-4-22(19-24)29-26-11-6-21(20-38)18-27(26)34-30(35-29)33-23-7-9-25(10-8-23)37-16-14-36(13-12-31)15-17-37/h2-11,18-19,38H,1,12-17,20H2,(H,32,39)(H,33,34,35). The largest absolute Gasteiger partial charge is 0.392 e. The lowest BCUT2D eigenvalue weighted by Gasteiger charge is -2.35. The number of nitrogens with zero attached hydrogens (tertiary/aromatic N) is 4. The number of rotatable bonds is 9. The number of halogens is 1. The molecule has 0 aliphatic carbocycles. The van der Waals surface area contributed by atoms with Gasteiger partial charge in [-0.3, -0.25) is 9.69 Å². The van der Waals surface area contributed by atoms with Crippen LogP contribution in [0.5, 0.6) is 0 Å². The van der Waals surface area contributed by atoms with Crippen LogP contribution >= 0.6 is 0 Å². The molecule has 1 aliphatic heterocycles. The van der Waals surface area contributed by atoms with E-state index in [1.807, 2.05) is 48.5 Å². The Morgan fingerprint density at radius 3 is 2.51 bits per heavy atom. The molecule has 5 rings (SSSR count). The van der Waals surface area contributed by atoms with Gasteiger partial charge in [0.05, 0.1) is 17.8 Å². The minimum absolute atomic E-state index is 0.0927. The third-order valence-electron chi connectivity index (χ3n) is 6.79. The first-order valence-corrected chi connectivity index (χ1v) is 12.9. The Bertz CT molecular complexity index is 1470. The summed E-state index contributed by atoms with van der Waals surface area (Å²) in [5.74, 6) is 0.125. The lowest BCUT2D eigenvalue weighted by atomic mass is 10.0. The molecule has 200 valence electrons. The molecule has 9 heteroatoms. The van der Waals surface area contributed by atoms with Crippen LogP contribution in [0.3, 0.4) is 0 Å². The van der Waals surface area contributed by atoms with Crippen molar-refractivity contribution >= 4 is 39.8 Å². The van der Waals surface area contributed by atoms with Crippen molar-refractivity contribution in [1.29, 1.82) is 0 Å². The second-order valence-corrected chi connectivity index (χ2v) is 9.37. The fourth-order valence-electron chi connectivity index (χ4n) is 4.72. The number of piperazine rings is 1. The van der Waals surface area contributed by atoms with Gasteiger partial charge in [0.25, 0.3) is 0 Å². The molecule has 1 aromatic heterocycles. The molecule has 0 atom stereocenters. The summed E-state index contributed by atoms with van der Waals surface area (Å²) >= 11 is 0. The number of hydrogen-bond acceptors (Lipinski definition) is 7. The van der Waals surface area contributed by atoms with Gasteiger partial charge in [0.15, 0.2) is 0 Å². The van der Waals surface area contributed by atoms with Gasteiger partial charge in [-0.15, -0.1) is 0 Å². The van der Waals surface area contributed by atoms with Crippen molar-refractivity contribution < 1.29 is 14.3 Å². The van der Waals surface area contributed by atoms with Crippen molar-refractivity contribution in [2.45, 2.75) is 6.61 Å². The summed E-state index contributed by atoms with van der Waals surface area (Å²) in [6.45, 7) is 7.04. The van der Waals surface area contributed by atoms with Crippen LogP contribution in [0.15, 0.2) is 79.4 Å². The first kappa shape index (κ1) is 26.3. The maximum absolute atomic E-state index is 12.6. The van der Waals surface area contributed by atoms with E-state index in [4.69, 9.17) is 9.97 Å². The van der Waals surface area contributed by atoms with Crippen LogP contribution in [0.1, 0.15) is 5.56 Å². The first-order chi connectivity index (χ1) is 19.1. The van der Waals surface area contributed by atoms with Crippen molar-refractivity contribution in [3.8, 4) is 11.3 Å². The lowest BCUT2D eigenvalue weighted by molar-refractivity contribution is -0.111. The third-order valence-corrected chi connectivity index (χ3v) is 6.79. The molecule has 39 heavy (non-hydrogen) atoms. The van der Waals surface area contributed by atoms with Crippen LogP contribution in [0, 0.1) is 0 Å². The van der Waals surface area contributed by atoms with Crippen molar-refractivity contribution in [3.63, 3.8) is 0 Å². The number of amides is 1.